The molecule has 2 rings (SSSR count). The first-order valence-corrected chi connectivity index (χ1v) is 8.33. The number of anilines is 1. The van der Waals surface area contributed by atoms with Gasteiger partial charge in [0.1, 0.15) is 0 Å². The fraction of sp³-hybridized carbons (Fsp3) is 0.500. The van der Waals surface area contributed by atoms with Gasteiger partial charge >= 0.3 is 0 Å². The minimum atomic E-state index is -3.34. The van der Waals surface area contributed by atoms with E-state index in [1.807, 2.05) is 0 Å². The number of rotatable bonds is 3. The fourth-order valence-electron chi connectivity index (χ4n) is 2.28. The average Bonchev–Trinajstić information content (AvgIpc) is 2.57. The lowest BCUT2D eigenvalue weighted by Gasteiger charge is -2.20. The van der Waals surface area contributed by atoms with Gasteiger partial charge in [0.05, 0.1) is 16.8 Å². The Balaban J connectivity index is 2.43. The van der Waals surface area contributed by atoms with Crippen LogP contribution in [0.25, 0.3) is 0 Å². The maximum absolute atomic E-state index is 11.9. The summed E-state index contributed by atoms with van der Waals surface area (Å²) in [5.74, 6) is -0.102. The van der Waals surface area contributed by atoms with Gasteiger partial charge in [0.15, 0.2) is 9.84 Å². The van der Waals surface area contributed by atoms with Crippen molar-refractivity contribution in [2.75, 3.05) is 11.6 Å². The molecule has 0 fully saturated rings. The number of amides is 1. The molecule has 1 amide bonds. The summed E-state index contributed by atoms with van der Waals surface area (Å²) in [7, 11) is -3.34. The second kappa shape index (κ2) is 4.56. The second-order valence-corrected chi connectivity index (χ2v) is 8.27. The number of aliphatic hydroxyl groups is 1. The molecular formula is C14H19NO4S. The number of benzene rings is 1. The minimum Gasteiger partial charge on any atom is -0.387 e. The van der Waals surface area contributed by atoms with Crippen LogP contribution < -0.4 is 5.32 Å². The van der Waals surface area contributed by atoms with Gasteiger partial charge in [0.25, 0.3) is 0 Å². The highest BCUT2D eigenvalue weighted by molar-refractivity contribution is 7.91. The van der Waals surface area contributed by atoms with E-state index in [0.717, 1.165) is 11.8 Å². The molecule has 20 heavy (non-hydrogen) atoms. The Bertz CT molecular complexity index is 664. The summed E-state index contributed by atoms with van der Waals surface area (Å²) in [6.45, 7) is 5.07. The highest BCUT2D eigenvalue weighted by Crippen LogP contribution is 2.39. The molecule has 2 N–H and O–H groups in total. The van der Waals surface area contributed by atoms with Gasteiger partial charge in [-0.25, -0.2) is 8.42 Å². The number of sulfone groups is 1. The molecule has 2 atom stereocenters. The van der Waals surface area contributed by atoms with E-state index in [4.69, 9.17) is 0 Å². The normalized spacial score (nSPS) is 20.1. The van der Waals surface area contributed by atoms with Crippen molar-refractivity contribution in [3.05, 3.63) is 29.3 Å². The number of aliphatic hydroxyl groups excluding tert-OH is 1. The summed E-state index contributed by atoms with van der Waals surface area (Å²) < 4.78 is 23.1. The van der Waals surface area contributed by atoms with Crippen molar-refractivity contribution in [2.45, 2.75) is 37.5 Å². The van der Waals surface area contributed by atoms with E-state index in [9.17, 15) is 18.3 Å². The first kappa shape index (κ1) is 15.0. The number of fused-ring (bicyclic) bond motifs is 1. The standard InChI is InChI=1S/C14H19NO4S/c1-8(20(4,18)19)12(16)9-5-6-11-10(7-9)14(2,3)13(17)15-11/h5-8,12,16H,1-4H3,(H,15,17). The van der Waals surface area contributed by atoms with Crippen LogP contribution in [-0.4, -0.2) is 30.9 Å². The minimum absolute atomic E-state index is 0.102. The van der Waals surface area contributed by atoms with Gasteiger partial charge in [-0.1, -0.05) is 12.1 Å². The number of hydrogen-bond donors (Lipinski definition) is 2. The average molecular weight is 297 g/mol. The molecular weight excluding hydrogens is 278 g/mol. The molecule has 0 radical (unpaired) electrons. The molecule has 2 unspecified atom stereocenters. The van der Waals surface area contributed by atoms with E-state index in [2.05, 4.69) is 5.32 Å². The van der Waals surface area contributed by atoms with Gasteiger partial charge in [-0.3, -0.25) is 4.79 Å². The summed E-state index contributed by atoms with van der Waals surface area (Å²) in [6, 6.07) is 5.06. The molecule has 1 aromatic carbocycles. The third-order valence-electron chi connectivity index (χ3n) is 3.99. The molecule has 0 bridgehead atoms. The van der Waals surface area contributed by atoms with Crippen LogP contribution in [0.15, 0.2) is 18.2 Å². The lowest BCUT2D eigenvalue weighted by Crippen LogP contribution is -2.27. The van der Waals surface area contributed by atoms with Crippen LogP contribution in [-0.2, 0) is 20.0 Å². The Labute approximate surface area is 118 Å². The third-order valence-corrected chi connectivity index (χ3v) is 5.60. The van der Waals surface area contributed by atoms with Gasteiger partial charge < -0.3 is 10.4 Å². The molecule has 0 spiro atoms. The van der Waals surface area contributed by atoms with Gasteiger partial charge in [0.2, 0.25) is 5.91 Å². The zero-order valence-electron chi connectivity index (χ0n) is 12.0. The number of carbonyl (C=O) groups is 1. The fourth-order valence-corrected chi connectivity index (χ4v) is 2.90. The van der Waals surface area contributed by atoms with E-state index >= 15 is 0 Å². The van der Waals surface area contributed by atoms with Crippen molar-refractivity contribution in [2.24, 2.45) is 0 Å². The van der Waals surface area contributed by atoms with Crippen LogP contribution in [0.1, 0.15) is 38.0 Å². The van der Waals surface area contributed by atoms with Gasteiger partial charge in [-0.05, 0) is 38.0 Å². The molecule has 110 valence electrons. The molecule has 1 heterocycles. The molecule has 1 aliphatic rings. The predicted octanol–water partition coefficient (Wildman–Crippen LogP) is 1.38. The summed E-state index contributed by atoms with van der Waals surface area (Å²) in [4.78, 5) is 11.9. The zero-order valence-corrected chi connectivity index (χ0v) is 12.8. The lowest BCUT2D eigenvalue weighted by atomic mass is 9.85. The molecule has 5 nitrogen and oxygen atoms in total. The van der Waals surface area contributed by atoms with Crippen LogP contribution in [0, 0.1) is 0 Å². The molecule has 0 saturated heterocycles. The number of nitrogens with one attached hydrogen (secondary N) is 1. The molecule has 1 aromatic rings. The van der Waals surface area contributed by atoms with E-state index in [1.165, 1.54) is 6.92 Å². The quantitative estimate of drug-likeness (QED) is 0.883. The third kappa shape index (κ3) is 2.33. The van der Waals surface area contributed by atoms with Crippen LogP contribution in [0.5, 0.6) is 0 Å². The first-order chi connectivity index (χ1) is 9.05. The summed E-state index contributed by atoms with van der Waals surface area (Å²) in [6.07, 6.45) is -0.00897. The SMILES string of the molecule is CC(C(O)c1ccc2c(c1)C(C)(C)C(=O)N2)S(C)(=O)=O. The van der Waals surface area contributed by atoms with Crippen LogP contribution in [0.3, 0.4) is 0 Å². The largest absolute Gasteiger partial charge is 0.387 e. The van der Waals surface area contributed by atoms with Crippen molar-refractivity contribution in [1.82, 2.24) is 0 Å². The number of hydrogen-bond acceptors (Lipinski definition) is 4. The Morgan fingerprint density at radius 2 is 1.90 bits per heavy atom. The maximum Gasteiger partial charge on any atom is 0.234 e. The van der Waals surface area contributed by atoms with E-state index in [-0.39, 0.29) is 5.91 Å². The molecule has 0 saturated carbocycles. The second-order valence-electron chi connectivity index (χ2n) is 5.86. The van der Waals surface area contributed by atoms with Crippen molar-refractivity contribution in [3.63, 3.8) is 0 Å². The van der Waals surface area contributed by atoms with E-state index in [0.29, 0.717) is 11.3 Å². The summed E-state index contributed by atoms with van der Waals surface area (Å²) in [5.41, 5.74) is 1.31. The van der Waals surface area contributed by atoms with Crippen LogP contribution in [0.2, 0.25) is 0 Å². The molecule has 0 aliphatic carbocycles. The Morgan fingerprint density at radius 1 is 1.30 bits per heavy atom. The monoisotopic (exact) mass is 297 g/mol. The van der Waals surface area contributed by atoms with Crippen molar-refractivity contribution >= 4 is 21.4 Å². The summed E-state index contributed by atoms with van der Waals surface area (Å²) in [5, 5.41) is 12.1. The Hall–Kier alpha value is -1.40. The molecule has 1 aliphatic heterocycles. The molecule has 0 aromatic heterocycles. The first-order valence-electron chi connectivity index (χ1n) is 6.38. The highest BCUT2D eigenvalue weighted by atomic mass is 32.2. The predicted molar refractivity (Wildman–Crippen MR) is 77.4 cm³/mol. The lowest BCUT2D eigenvalue weighted by molar-refractivity contribution is -0.119. The van der Waals surface area contributed by atoms with Crippen molar-refractivity contribution in [1.29, 1.82) is 0 Å². The maximum atomic E-state index is 11.9. The van der Waals surface area contributed by atoms with Crippen molar-refractivity contribution < 1.29 is 18.3 Å². The van der Waals surface area contributed by atoms with Gasteiger partial charge in [-0.2, -0.15) is 0 Å². The van der Waals surface area contributed by atoms with Gasteiger partial charge in [-0.15, -0.1) is 0 Å². The van der Waals surface area contributed by atoms with Crippen molar-refractivity contribution in [3.8, 4) is 0 Å². The number of carbonyl (C=O) groups excluding carboxylic acids is 1. The zero-order chi connectivity index (χ0) is 15.3. The molecule has 6 heteroatoms. The van der Waals surface area contributed by atoms with Crippen LogP contribution >= 0.6 is 0 Å². The van der Waals surface area contributed by atoms with E-state index in [1.54, 1.807) is 32.0 Å². The van der Waals surface area contributed by atoms with Crippen LogP contribution in [0.4, 0.5) is 5.69 Å². The van der Waals surface area contributed by atoms with Gasteiger partial charge in [0, 0.05) is 11.9 Å². The van der Waals surface area contributed by atoms with E-state index < -0.39 is 26.6 Å². The smallest absolute Gasteiger partial charge is 0.234 e. The Kier molecular flexibility index (Phi) is 3.42. The highest BCUT2D eigenvalue weighted by Gasteiger charge is 2.39. The summed E-state index contributed by atoms with van der Waals surface area (Å²) >= 11 is 0. The Morgan fingerprint density at radius 3 is 2.45 bits per heavy atom. The topological polar surface area (TPSA) is 83.5 Å².